The average Bonchev–Trinajstić information content (AvgIpc) is 2.96. The summed E-state index contributed by atoms with van der Waals surface area (Å²) in [6.45, 7) is 5.13. The van der Waals surface area contributed by atoms with Crippen molar-refractivity contribution in [1.82, 2.24) is 5.32 Å². The monoisotopic (exact) mass is 284 g/mol. The van der Waals surface area contributed by atoms with E-state index < -0.39 is 0 Å². The maximum Gasteiger partial charge on any atom is 0.157 e. The van der Waals surface area contributed by atoms with Crippen LogP contribution in [0.25, 0.3) is 0 Å². The van der Waals surface area contributed by atoms with Crippen LogP contribution >= 0.6 is 23.1 Å². The minimum atomic E-state index is 0.344. The Hall–Kier alpha value is -0.520. The van der Waals surface area contributed by atoms with Crippen LogP contribution in [0.4, 0.5) is 0 Å². The molecule has 0 saturated heterocycles. The highest BCUT2D eigenvalue weighted by molar-refractivity contribution is 8.14. The summed E-state index contributed by atoms with van der Waals surface area (Å²) in [4.78, 5) is 7.42. The Bertz CT molecular complexity index is 417. The number of nitrogens with zero attached hydrogens (tertiary/aromatic N) is 1. The fraction of sp³-hybridized carbons (Fsp3) is 0.615. The third-order valence-corrected chi connectivity index (χ3v) is 5.13. The molecule has 1 aromatic heterocycles. The second-order valence-corrected chi connectivity index (χ2v) is 6.82. The van der Waals surface area contributed by atoms with Gasteiger partial charge in [-0.1, -0.05) is 11.8 Å². The van der Waals surface area contributed by atoms with E-state index in [9.17, 15) is 0 Å². The summed E-state index contributed by atoms with van der Waals surface area (Å²) in [6.07, 6.45) is 1.02. The van der Waals surface area contributed by atoms with E-state index in [2.05, 4.69) is 31.3 Å². The van der Waals surface area contributed by atoms with Gasteiger partial charge in [0, 0.05) is 29.2 Å². The van der Waals surface area contributed by atoms with Crippen LogP contribution in [0, 0.1) is 6.92 Å². The molecular formula is C13H20N2OS2. The smallest absolute Gasteiger partial charge is 0.157 e. The molecule has 2 heterocycles. The van der Waals surface area contributed by atoms with Gasteiger partial charge in [0.1, 0.15) is 0 Å². The predicted octanol–water partition coefficient (Wildman–Crippen LogP) is 3.22. The lowest BCUT2D eigenvalue weighted by molar-refractivity contribution is 0.190. The van der Waals surface area contributed by atoms with Gasteiger partial charge in [0.25, 0.3) is 0 Å². The standard InChI is InChI=1S/C13H20N2OS2/c1-9-4-5-12(18-9)10(2)14-13-15-11(8-17-13)6-7-16-3/h4-5,10-11H,6-8H2,1-3H3,(H,14,15). The summed E-state index contributed by atoms with van der Waals surface area (Å²) < 4.78 is 5.09. The van der Waals surface area contributed by atoms with Crippen molar-refractivity contribution in [3.05, 3.63) is 21.9 Å². The topological polar surface area (TPSA) is 33.6 Å². The second kappa shape index (κ2) is 6.59. The first-order chi connectivity index (χ1) is 8.69. The quantitative estimate of drug-likeness (QED) is 0.901. The number of thioether (sulfide) groups is 1. The molecule has 100 valence electrons. The van der Waals surface area contributed by atoms with Crippen molar-refractivity contribution in [3.8, 4) is 0 Å². The van der Waals surface area contributed by atoms with E-state index in [4.69, 9.17) is 9.73 Å². The van der Waals surface area contributed by atoms with E-state index in [1.54, 1.807) is 7.11 Å². The Balaban J connectivity index is 1.86. The molecular weight excluding hydrogens is 264 g/mol. The van der Waals surface area contributed by atoms with Crippen LogP contribution in [-0.2, 0) is 4.74 Å². The maximum absolute atomic E-state index is 5.09. The molecule has 0 radical (unpaired) electrons. The van der Waals surface area contributed by atoms with Crippen LogP contribution in [-0.4, -0.2) is 30.7 Å². The first-order valence-electron chi connectivity index (χ1n) is 6.21. The van der Waals surface area contributed by atoms with Gasteiger partial charge >= 0.3 is 0 Å². The lowest BCUT2D eigenvalue weighted by Gasteiger charge is -2.12. The molecule has 1 aliphatic heterocycles. The number of aliphatic imine (C=N–C) groups is 1. The van der Waals surface area contributed by atoms with Crippen LogP contribution in [0.5, 0.6) is 0 Å². The lowest BCUT2D eigenvalue weighted by Crippen LogP contribution is -2.22. The van der Waals surface area contributed by atoms with E-state index in [-0.39, 0.29) is 0 Å². The Labute approximate surface area is 117 Å². The zero-order valence-corrected chi connectivity index (χ0v) is 12.7. The van der Waals surface area contributed by atoms with Crippen LogP contribution in [0.3, 0.4) is 0 Å². The number of nitrogens with one attached hydrogen (secondary N) is 1. The number of hydrogen-bond acceptors (Lipinski definition) is 5. The van der Waals surface area contributed by atoms with E-state index >= 15 is 0 Å². The molecule has 0 amide bonds. The van der Waals surface area contributed by atoms with Crippen molar-refractivity contribution in [2.45, 2.75) is 32.4 Å². The second-order valence-electron chi connectivity index (χ2n) is 4.49. The number of ether oxygens (including phenoxy) is 1. The van der Waals surface area contributed by atoms with Gasteiger partial charge in [-0.15, -0.1) is 11.3 Å². The fourth-order valence-electron chi connectivity index (χ4n) is 1.84. The maximum atomic E-state index is 5.09. The summed E-state index contributed by atoms with van der Waals surface area (Å²) >= 11 is 3.67. The molecule has 0 saturated carbocycles. The molecule has 2 rings (SSSR count). The molecule has 0 fully saturated rings. The largest absolute Gasteiger partial charge is 0.385 e. The highest BCUT2D eigenvalue weighted by Crippen LogP contribution is 2.25. The number of hydrogen-bond donors (Lipinski definition) is 1. The first-order valence-corrected chi connectivity index (χ1v) is 8.01. The van der Waals surface area contributed by atoms with Gasteiger partial charge in [-0.25, -0.2) is 0 Å². The van der Waals surface area contributed by atoms with Crippen molar-refractivity contribution >= 4 is 28.3 Å². The molecule has 3 nitrogen and oxygen atoms in total. The molecule has 5 heteroatoms. The summed E-state index contributed by atoms with van der Waals surface area (Å²) in [5.41, 5.74) is 0. The number of amidine groups is 1. The third-order valence-electron chi connectivity index (χ3n) is 2.90. The molecule has 2 unspecified atom stereocenters. The van der Waals surface area contributed by atoms with Crippen molar-refractivity contribution in [3.63, 3.8) is 0 Å². The predicted molar refractivity (Wildman–Crippen MR) is 80.8 cm³/mol. The summed E-state index contributed by atoms with van der Waals surface area (Å²) in [7, 11) is 1.74. The summed E-state index contributed by atoms with van der Waals surface area (Å²) in [6, 6.07) is 5.12. The van der Waals surface area contributed by atoms with Crippen LogP contribution < -0.4 is 5.32 Å². The van der Waals surface area contributed by atoms with Crippen LogP contribution in [0.1, 0.15) is 29.1 Å². The van der Waals surface area contributed by atoms with Gasteiger partial charge in [-0.3, -0.25) is 4.99 Å². The Morgan fingerprint density at radius 3 is 3.06 bits per heavy atom. The average molecular weight is 284 g/mol. The number of methoxy groups -OCH3 is 1. The molecule has 1 aliphatic rings. The number of aryl methyl sites for hydroxylation is 1. The highest BCUT2D eigenvalue weighted by Gasteiger charge is 2.19. The highest BCUT2D eigenvalue weighted by atomic mass is 32.2. The normalized spacial score (nSPS) is 20.8. The van der Waals surface area contributed by atoms with Crippen molar-refractivity contribution in [1.29, 1.82) is 0 Å². The van der Waals surface area contributed by atoms with Crippen LogP contribution in [0.2, 0.25) is 0 Å². The van der Waals surface area contributed by atoms with Crippen molar-refractivity contribution in [2.24, 2.45) is 4.99 Å². The van der Waals surface area contributed by atoms with Gasteiger partial charge < -0.3 is 10.1 Å². The van der Waals surface area contributed by atoms with Gasteiger partial charge in [-0.2, -0.15) is 0 Å². The fourth-order valence-corrected chi connectivity index (χ4v) is 3.79. The van der Waals surface area contributed by atoms with Crippen LogP contribution in [0.15, 0.2) is 17.1 Å². The Morgan fingerprint density at radius 1 is 1.56 bits per heavy atom. The number of rotatable bonds is 5. The molecule has 0 spiro atoms. The van der Waals surface area contributed by atoms with Crippen molar-refractivity contribution < 1.29 is 4.74 Å². The molecule has 0 aliphatic carbocycles. The van der Waals surface area contributed by atoms with Crippen molar-refractivity contribution in [2.75, 3.05) is 19.5 Å². The van der Waals surface area contributed by atoms with Gasteiger partial charge in [0.05, 0.1) is 12.1 Å². The molecule has 1 aromatic rings. The zero-order chi connectivity index (χ0) is 13.0. The van der Waals surface area contributed by atoms with Gasteiger partial charge in [0.15, 0.2) is 5.17 Å². The lowest BCUT2D eigenvalue weighted by atomic mass is 10.2. The molecule has 2 atom stereocenters. The van der Waals surface area contributed by atoms with Gasteiger partial charge in [0.2, 0.25) is 0 Å². The molecule has 0 aromatic carbocycles. The molecule has 18 heavy (non-hydrogen) atoms. The van der Waals surface area contributed by atoms with E-state index in [1.165, 1.54) is 9.75 Å². The molecule has 0 bridgehead atoms. The van der Waals surface area contributed by atoms with E-state index in [1.807, 2.05) is 23.1 Å². The number of thiophene rings is 1. The minimum absolute atomic E-state index is 0.344. The van der Waals surface area contributed by atoms with Gasteiger partial charge in [-0.05, 0) is 32.4 Å². The third kappa shape index (κ3) is 3.73. The first kappa shape index (κ1) is 13.9. The SMILES string of the molecule is COCCC1CSC(NC(C)c2ccc(C)s2)=N1. The van der Waals surface area contributed by atoms with E-state index in [0.29, 0.717) is 12.1 Å². The summed E-state index contributed by atoms with van der Waals surface area (Å²) in [5, 5.41) is 4.58. The Kier molecular flexibility index (Phi) is 5.09. The summed E-state index contributed by atoms with van der Waals surface area (Å²) in [5.74, 6) is 1.07. The zero-order valence-electron chi connectivity index (χ0n) is 11.1. The minimum Gasteiger partial charge on any atom is -0.385 e. The Morgan fingerprint density at radius 2 is 2.39 bits per heavy atom. The van der Waals surface area contributed by atoms with E-state index in [0.717, 1.165) is 23.9 Å². The molecule has 1 N–H and O–H groups in total.